The topological polar surface area (TPSA) is 73.0 Å². The van der Waals surface area contributed by atoms with E-state index in [0.717, 1.165) is 6.42 Å². The molecule has 6 nitrogen and oxygen atoms in total. The third kappa shape index (κ3) is 3.77. The van der Waals surface area contributed by atoms with Gasteiger partial charge in [0.15, 0.2) is 16.7 Å². The Labute approximate surface area is 140 Å². The summed E-state index contributed by atoms with van der Waals surface area (Å²) in [6, 6.07) is 3.97. The molecule has 1 aliphatic carbocycles. The fourth-order valence-electron chi connectivity index (χ4n) is 2.97. The molecule has 2 heterocycles. The lowest BCUT2D eigenvalue weighted by Gasteiger charge is -2.29. The summed E-state index contributed by atoms with van der Waals surface area (Å²) in [4.78, 5) is 12.2. The third-order valence-corrected chi connectivity index (χ3v) is 5.39. The molecule has 7 heteroatoms. The summed E-state index contributed by atoms with van der Waals surface area (Å²) < 4.78 is 7.19. The Morgan fingerprint density at radius 3 is 3.00 bits per heavy atom. The van der Waals surface area contributed by atoms with Crippen LogP contribution >= 0.6 is 11.8 Å². The predicted molar refractivity (Wildman–Crippen MR) is 89.0 cm³/mol. The van der Waals surface area contributed by atoms with E-state index in [9.17, 15) is 4.79 Å². The molecule has 0 unspecified atom stereocenters. The molecule has 0 aromatic carbocycles. The molecule has 1 aliphatic rings. The van der Waals surface area contributed by atoms with Crippen LogP contribution in [0, 0.1) is 5.92 Å². The maximum absolute atomic E-state index is 12.2. The van der Waals surface area contributed by atoms with Crippen molar-refractivity contribution >= 4 is 17.7 Å². The van der Waals surface area contributed by atoms with Crippen molar-refractivity contribution in [3.63, 3.8) is 0 Å². The number of hydrogen-bond acceptors (Lipinski definition) is 5. The van der Waals surface area contributed by atoms with Gasteiger partial charge in [0.1, 0.15) is 0 Å². The highest BCUT2D eigenvalue weighted by Crippen LogP contribution is 2.25. The molecule has 1 N–H and O–H groups in total. The van der Waals surface area contributed by atoms with Crippen molar-refractivity contribution in [2.45, 2.75) is 43.8 Å². The molecule has 1 fully saturated rings. The van der Waals surface area contributed by atoms with E-state index in [2.05, 4.69) is 22.4 Å². The molecule has 2 aromatic rings. The van der Waals surface area contributed by atoms with Crippen LogP contribution in [0.4, 0.5) is 0 Å². The minimum atomic E-state index is 0.0660. The molecular formula is C16H22N4O2S. The molecule has 2 aromatic heterocycles. The average molecular weight is 334 g/mol. The van der Waals surface area contributed by atoms with E-state index < -0.39 is 0 Å². The van der Waals surface area contributed by atoms with E-state index in [4.69, 9.17) is 4.42 Å². The summed E-state index contributed by atoms with van der Waals surface area (Å²) in [6.45, 7) is 2.22. The second kappa shape index (κ2) is 7.21. The lowest BCUT2D eigenvalue weighted by molar-refractivity contribution is -0.119. The second-order valence-electron chi connectivity index (χ2n) is 6.07. The number of nitrogens with zero attached hydrogens (tertiary/aromatic N) is 3. The van der Waals surface area contributed by atoms with Gasteiger partial charge in [-0.1, -0.05) is 31.5 Å². The normalized spacial score (nSPS) is 21.3. The standard InChI is InChI=1S/C16H22N4O2S/c1-11-6-3-4-7-12(11)17-14(21)10-23-16-19-18-15(20(16)2)13-8-5-9-22-13/h5,8-9,11-12H,3-4,6-7,10H2,1-2H3,(H,17,21)/t11-,12-/m0/s1. The molecule has 3 rings (SSSR count). The smallest absolute Gasteiger partial charge is 0.230 e. The summed E-state index contributed by atoms with van der Waals surface area (Å²) in [5.74, 6) is 2.33. The van der Waals surface area contributed by atoms with Crippen molar-refractivity contribution < 1.29 is 9.21 Å². The Morgan fingerprint density at radius 2 is 2.26 bits per heavy atom. The predicted octanol–water partition coefficient (Wildman–Crippen LogP) is 2.86. The van der Waals surface area contributed by atoms with Crippen LogP contribution in [0.5, 0.6) is 0 Å². The Kier molecular flexibility index (Phi) is 5.05. The molecule has 0 saturated heterocycles. The molecule has 1 amide bonds. The van der Waals surface area contributed by atoms with E-state index in [1.54, 1.807) is 6.26 Å². The van der Waals surface area contributed by atoms with Gasteiger partial charge in [0, 0.05) is 13.1 Å². The molecule has 0 bridgehead atoms. The SMILES string of the molecule is C[C@H]1CCCC[C@@H]1NC(=O)CSc1nnc(-c2ccco2)n1C. The van der Waals surface area contributed by atoms with Crippen LogP contribution in [0.3, 0.4) is 0 Å². The first-order valence-corrected chi connectivity index (χ1v) is 8.99. The van der Waals surface area contributed by atoms with Crippen molar-refractivity contribution in [1.82, 2.24) is 20.1 Å². The summed E-state index contributed by atoms with van der Waals surface area (Å²) >= 11 is 1.40. The number of nitrogens with one attached hydrogen (secondary N) is 1. The fraction of sp³-hybridized carbons (Fsp3) is 0.562. The molecule has 0 spiro atoms. The second-order valence-corrected chi connectivity index (χ2v) is 7.01. The van der Waals surface area contributed by atoms with Crippen LogP contribution in [0.2, 0.25) is 0 Å². The fourth-order valence-corrected chi connectivity index (χ4v) is 3.69. The quantitative estimate of drug-likeness (QED) is 0.851. The van der Waals surface area contributed by atoms with Crippen molar-refractivity contribution in [1.29, 1.82) is 0 Å². The summed E-state index contributed by atoms with van der Waals surface area (Å²) in [6.07, 6.45) is 6.38. The van der Waals surface area contributed by atoms with E-state index in [0.29, 0.717) is 34.5 Å². The minimum Gasteiger partial charge on any atom is -0.461 e. The van der Waals surface area contributed by atoms with E-state index in [-0.39, 0.29) is 5.91 Å². The Hall–Kier alpha value is -1.76. The number of hydrogen-bond donors (Lipinski definition) is 1. The highest BCUT2D eigenvalue weighted by atomic mass is 32.2. The van der Waals surface area contributed by atoms with Crippen molar-refractivity contribution in [3.8, 4) is 11.6 Å². The maximum atomic E-state index is 12.2. The van der Waals surface area contributed by atoms with E-state index in [1.165, 1.54) is 31.0 Å². The highest BCUT2D eigenvalue weighted by Gasteiger charge is 2.23. The molecule has 124 valence electrons. The first-order valence-electron chi connectivity index (χ1n) is 8.00. The monoisotopic (exact) mass is 334 g/mol. The van der Waals surface area contributed by atoms with Crippen molar-refractivity contribution in [2.75, 3.05) is 5.75 Å². The van der Waals surface area contributed by atoms with Gasteiger partial charge in [0.05, 0.1) is 12.0 Å². The average Bonchev–Trinajstić information content (AvgIpc) is 3.17. The number of thioether (sulfide) groups is 1. The summed E-state index contributed by atoms with van der Waals surface area (Å²) in [7, 11) is 1.88. The lowest BCUT2D eigenvalue weighted by atomic mass is 9.86. The Balaban J connectivity index is 1.55. The highest BCUT2D eigenvalue weighted by molar-refractivity contribution is 7.99. The van der Waals surface area contributed by atoms with Gasteiger partial charge in [-0.2, -0.15) is 0 Å². The Bertz CT molecular complexity index is 653. The van der Waals surface area contributed by atoms with Crippen LogP contribution in [-0.4, -0.2) is 32.5 Å². The number of aromatic nitrogens is 3. The first kappa shape index (κ1) is 16.1. The molecule has 2 atom stereocenters. The first-order chi connectivity index (χ1) is 11.1. The van der Waals surface area contributed by atoms with Gasteiger partial charge in [0.2, 0.25) is 5.91 Å². The van der Waals surface area contributed by atoms with Gasteiger partial charge in [-0.3, -0.25) is 4.79 Å². The molecule has 1 saturated carbocycles. The van der Waals surface area contributed by atoms with Crippen molar-refractivity contribution in [3.05, 3.63) is 18.4 Å². The Morgan fingerprint density at radius 1 is 1.43 bits per heavy atom. The van der Waals surface area contributed by atoms with E-state index >= 15 is 0 Å². The number of amides is 1. The van der Waals surface area contributed by atoms with Crippen LogP contribution in [-0.2, 0) is 11.8 Å². The van der Waals surface area contributed by atoms with Gasteiger partial charge < -0.3 is 14.3 Å². The number of carbonyl (C=O) groups excluding carboxylic acids is 1. The van der Waals surface area contributed by atoms with Crippen LogP contribution in [0.1, 0.15) is 32.6 Å². The number of rotatable bonds is 5. The maximum Gasteiger partial charge on any atom is 0.230 e. The van der Waals surface area contributed by atoms with Gasteiger partial charge >= 0.3 is 0 Å². The van der Waals surface area contributed by atoms with Gasteiger partial charge in [-0.15, -0.1) is 10.2 Å². The van der Waals surface area contributed by atoms with E-state index in [1.807, 2.05) is 23.7 Å². The minimum absolute atomic E-state index is 0.0660. The summed E-state index contributed by atoms with van der Waals surface area (Å²) in [5.41, 5.74) is 0. The van der Waals surface area contributed by atoms with Crippen molar-refractivity contribution in [2.24, 2.45) is 13.0 Å². The largest absolute Gasteiger partial charge is 0.461 e. The zero-order valence-corrected chi connectivity index (χ0v) is 14.3. The molecule has 23 heavy (non-hydrogen) atoms. The van der Waals surface area contributed by atoms with Crippen LogP contribution in [0.15, 0.2) is 28.0 Å². The van der Waals surface area contributed by atoms with Gasteiger partial charge in [-0.05, 0) is 30.9 Å². The zero-order valence-electron chi connectivity index (χ0n) is 13.5. The molecule has 0 radical (unpaired) electrons. The third-order valence-electron chi connectivity index (χ3n) is 4.37. The van der Waals surface area contributed by atoms with Crippen LogP contribution < -0.4 is 5.32 Å². The zero-order chi connectivity index (χ0) is 16.2. The molecular weight excluding hydrogens is 312 g/mol. The van der Waals surface area contributed by atoms with Gasteiger partial charge in [-0.25, -0.2) is 0 Å². The summed E-state index contributed by atoms with van der Waals surface area (Å²) in [5, 5.41) is 12.1. The molecule has 0 aliphatic heterocycles. The van der Waals surface area contributed by atoms with Gasteiger partial charge in [0.25, 0.3) is 0 Å². The number of carbonyl (C=O) groups is 1. The lowest BCUT2D eigenvalue weighted by Crippen LogP contribution is -2.41. The number of furan rings is 1. The van der Waals surface area contributed by atoms with Crippen LogP contribution in [0.25, 0.3) is 11.6 Å².